The molecule has 84 valence electrons. The number of hydrogen-bond acceptors (Lipinski definition) is 3. The zero-order valence-corrected chi connectivity index (χ0v) is 9.04. The maximum absolute atomic E-state index is 11.1. The summed E-state index contributed by atoms with van der Waals surface area (Å²) in [5.74, 6) is -0.361. The van der Waals surface area contributed by atoms with Crippen LogP contribution in [0, 0.1) is 0 Å². The van der Waals surface area contributed by atoms with Gasteiger partial charge in [0.25, 0.3) is 0 Å². The molecular formula is C7H17N2O4P. The molecule has 0 saturated heterocycles. The Labute approximate surface area is 83.0 Å². The van der Waals surface area contributed by atoms with Gasteiger partial charge in [0.2, 0.25) is 5.91 Å². The van der Waals surface area contributed by atoms with E-state index in [9.17, 15) is 9.36 Å². The topological polar surface area (TPSA) is 113 Å². The molecule has 5 N–H and O–H groups in total. The molecule has 0 spiro atoms. The van der Waals surface area contributed by atoms with Crippen molar-refractivity contribution in [3.63, 3.8) is 0 Å². The van der Waals surface area contributed by atoms with Crippen LogP contribution in [0.5, 0.6) is 0 Å². The van der Waals surface area contributed by atoms with Gasteiger partial charge in [0, 0.05) is 6.54 Å². The Bertz CT molecular complexity index is 228. The van der Waals surface area contributed by atoms with Crippen molar-refractivity contribution < 1.29 is 19.1 Å². The van der Waals surface area contributed by atoms with E-state index in [0.29, 0.717) is 6.42 Å². The second kappa shape index (κ2) is 6.14. The quantitative estimate of drug-likeness (QED) is 0.450. The molecule has 1 atom stereocenters. The molecule has 0 aromatic heterocycles. The number of carbonyl (C=O) groups is 1. The molecule has 0 radical (unpaired) electrons. The lowest BCUT2D eigenvalue weighted by Gasteiger charge is -2.11. The minimum absolute atomic E-state index is 0.0411. The third-order valence-corrected chi connectivity index (χ3v) is 2.44. The molecule has 0 fully saturated rings. The first-order valence-electron chi connectivity index (χ1n) is 4.44. The lowest BCUT2D eigenvalue weighted by atomic mass is 10.2. The number of carbonyl (C=O) groups excluding carboxylic acids is 1. The third-order valence-electron chi connectivity index (χ3n) is 1.64. The van der Waals surface area contributed by atoms with Crippen LogP contribution in [0.1, 0.15) is 19.8 Å². The summed E-state index contributed by atoms with van der Waals surface area (Å²) < 4.78 is 10.4. The Kier molecular flexibility index (Phi) is 5.95. The fourth-order valence-corrected chi connectivity index (χ4v) is 1.30. The molecule has 0 aliphatic heterocycles. The molecule has 1 amide bonds. The predicted octanol–water partition coefficient (Wildman–Crippen LogP) is -0.592. The van der Waals surface area contributed by atoms with Gasteiger partial charge in [0.05, 0.1) is 12.2 Å². The highest BCUT2D eigenvalue weighted by atomic mass is 31.2. The highest BCUT2D eigenvalue weighted by Gasteiger charge is 2.15. The zero-order valence-electron chi connectivity index (χ0n) is 8.14. The second-order valence-electron chi connectivity index (χ2n) is 3.07. The van der Waals surface area contributed by atoms with Crippen molar-refractivity contribution in [3.8, 4) is 0 Å². The molecule has 0 aromatic rings. The molecule has 6 nitrogen and oxygen atoms in total. The standard InChI is InChI=1S/C7H17N2O4P/c1-2-3-6(8)7(10)9-4-5-14(11,12)13/h6H,2-5,8H2,1H3,(H,9,10)(H2,11,12,13)/t6-/m0/s1. The normalized spacial score (nSPS) is 13.7. The Balaban J connectivity index is 3.69. The van der Waals surface area contributed by atoms with E-state index in [-0.39, 0.29) is 18.6 Å². The number of amides is 1. The smallest absolute Gasteiger partial charge is 0.327 e. The number of nitrogens with two attached hydrogens (primary N) is 1. The van der Waals surface area contributed by atoms with E-state index >= 15 is 0 Å². The largest absolute Gasteiger partial charge is 0.354 e. The van der Waals surface area contributed by atoms with Crippen molar-refractivity contribution in [2.24, 2.45) is 5.73 Å². The van der Waals surface area contributed by atoms with E-state index in [4.69, 9.17) is 15.5 Å². The summed E-state index contributed by atoms with van der Waals surface area (Å²) in [6, 6.07) is -0.586. The minimum Gasteiger partial charge on any atom is -0.354 e. The van der Waals surface area contributed by atoms with Crippen LogP contribution in [0.4, 0.5) is 0 Å². The molecule has 0 aliphatic rings. The van der Waals surface area contributed by atoms with Crippen LogP contribution < -0.4 is 11.1 Å². The van der Waals surface area contributed by atoms with Gasteiger partial charge in [-0.15, -0.1) is 0 Å². The van der Waals surface area contributed by atoms with Crippen molar-refractivity contribution in [1.82, 2.24) is 5.32 Å². The van der Waals surface area contributed by atoms with Crippen molar-refractivity contribution in [3.05, 3.63) is 0 Å². The number of hydrogen-bond donors (Lipinski definition) is 4. The van der Waals surface area contributed by atoms with E-state index in [1.54, 1.807) is 0 Å². The van der Waals surface area contributed by atoms with E-state index in [0.717, 1.165) is 6.42 Å². The summed E-state index contributed by atoms with van der Waals surface area (Å²) in [5.41, 5.74) is 5.47. The highest BCUT2D eigenvalue weighted by molar-refractivity contribution is 7.51. The summed E-state index contributed by atoms with van der Waals surface area (Å²) >= 11 is 0. The van der Waals surface area contributed by atoms with E-state index in [1.807, 2.05) is 6.92 Å². The molecule has 0 unspecified atom stereocenters. The summed E-state index contributed by atoms with van der Waals surface area (Å²) in [6.07, 6.45) is 1.02. The molecular weight excluding hydrogens is 207 g/mol. The second-order valence-corrected chi connectivity index (χ2v) is 4.85. The SMILES string of the molecule is CCC[C@H](N)C(=O)NCCP(=O)(O)O. The molecule has 14 heavy (non-hydrogen) atoms. The van der Waals surface area contributed by atoms with E-state index in [2.05, 4.69) is 5.32 Å². The maximum Gasteiger partial charge on any atom is 0.327 e. The highest BCUT2D eigenvalue weighted by Crippen LogP contribution is 2.32. The van der Waals surface area contributed by atoms with Gasteiger partial charge in [-0.05, 0) is 6.42 Å². The lowest BCUT2D eigenvalue weighted by Crippen LogP contribution is -2.41. The molecule has 0 heterocycles. The number of nitrogens with one attached hydrogen (secondary N) is 1. The maximum atomic E-state index is 11.1. The zero-order chi connectivity index (χ0) is 11.2. The van der Waals surface area contributed by atoms with Crippen molar-refractivity contribution in [1.29, 1.82) is 0 Å². The fraction of sp³-hybridized carbons (Fsp3) is 0.857. The van der Waals surface area contributed by atoms with Gasteiger partial charge < -0.3 is 20.8 Å². The Hall–Kier alpha value is -0.420. The van der Waals surface area contributed by atoms with Gasteiger partial charge in [0.1, 0.15) is 0 Å². The first-order chi connectivity index (χ1) is 6.37. The first-order valence-corrected chi connectivity index (χ1v) is 6.24. The molecule has 0 rings (SSSR count). The monoisotopic (exact) mass is 224 g/mol. The number of rotatable bonds is 6. The van der Waals surface area contributed by atoms with Gasteiger partial charge in [-0.2, -0.15) is 0 Å². The van der Waals surface area contributed by atoms with Crippen LogP contribution in [0.3, 0.4) is 0 Å². The third kappa shape index (κ3) is 7.03. The fourth-order valence-electron chi connectivity index (χ4n) is 0.898. The molecule has 0 saturated carbocycles. The van der Waals surface area contributed by atoms with Gasteiger partial charge in [-0.1, -0.05) is 13.3 Å². The first kappa shape index (κ1) is 13.6. The van der Waals surface area contributed by atoms with E-state index < -0.39 is 13.6 Å². The van der Waals surface area contributed by atoms with Crippen molar-refractivity contribution in [2.45, 2.75) is 25.8 Å². The summed E-state index contributed by atoms with van der Waals surface area (Å²) in [6.45, 7) is 1.86. The Morgan fingerprint density at radius 1 is 1.57 bits per heavy atom. The lowest BCUT2D eigenvalue weighted by molar-refractivity contribution is -0.122. The van der Waals surface area contributed by atoms with Gasteiger partial charge >= 0.3 is 7.60 Å². The van der Waals surface area contributed by atoms with Crippen LogP contribution in [0.15, 0.2) is 0 Å². The molecule has 0 aromatic carbocycles. The minimum atomic E-state index is -4.02. The predicted molar refractivity (Wildman–Crippen MR) is 52.8 cm³/mol. The summed E-state index contributed by atoms with van der Waals surface area (Å²) in [7, 11) is -4.02. The van der Waals surface area contributed by atoms with Crippen molar-refractivity contribution in [2.75, 3.05) is 12.7 Å². The van der Waals surface area contributed by atoms with Gasteiger partial charge in [-0.3, -0.25) is 9.36 Å². The van der Waals surface area contributed by atoms with Crippen molar-refractivity contribution >= 4 is 13.5 Å². The average Bonchev–Trinajstić information content (AvgIpc) is 2.02. The van der Waals surface area contributed by atoms with Crippen LogP contribution in [-0.4, -0.2) is 34.4 Å². The molecule has 0 aliphatic carbocycles. The summed E-state index contributed by atoms with van der Waals surface area (Å²) in [5, 5.41) is 2.37. The molecule has 0 bridgehead atoms. The van der Waals surface area contributed by atoms with Crippen LogP contribution >= 0.6 is 7.60 Å². The van der Waals surface area contributed by atoms with Gasteiger partial charge in [-0.25, -0.2) is 0 Å². The van der Waals surface area contributed by atoms with Crippen LogP contribution in [-0.2, 0) is 9.36 Å². The molecule has 7 heteroatoms. The van der Waals surface area contributed by atoms with Gasteiger partial charge in [0.15, 0.2) is 0 Å². The summed E-state index contributed by atoms with van der Waals surface area (Å²) in [4.78, 5) is 28.1. The Morgan fingerprint density at radius 3 is 2.57 bits per heavy atom. The average molecular weight is 224 g/mol. The van der Waals surface area contributed by atoms with E-state index in [1.165, 1.54) is 0 Å². The van der Waals surface area contributed by atoms with Crippen LogP contribution in [0.25, 0.3) is 0 Å². The Morgan fingerprint density at radius 2 is 2.14 bits per heavy atom. The van der Waals surface area contributed by atoms with Crippen LogP contribution in [0.2, 0.25) is 0 Å².